The molecule has 8 heteroatoms. The molecule has 2 amide bonds. The maximum atomic E-state index is 13.7. The van der Waals surface area contributed by atoms with Gasteiger partial charge < -0.3 is 24.8 Å². The van der Waals surface area contributed by atoms with Crippen molar-refractivity contribution in [3.05, 3.63) is 29.6 Å². The highest BCUT2D eigenvalue weighted by Crippen LogP contribution is 2.37. The number of likely N-dealkylation sites (tertiary alicyclic amines) is 1. The van der Waals surface area contributed by atoms with Crippen molar-refractivity contribution in [2.24, 2.45) is 0 Å². The summed E-state index contributed by atoms with van der Waals surface area (Å²) < 4.78 is 24.7. The van der Waals surface area contributed by atoms with Gasteiger partial charge in [-0.25, -0.2) is 14.0 Å². The second-order valence-corrected chi connectivity index (χ2v) is 7.80. The molecule has 2 N–H and O–H groups in total. The lowest BCUT2D eigenvalue weighted by Gasteiger charge is -2.24. The first-order valence-electron chi connectivity index (χ1n) is 9.56. The highest BCUT2D eigenvalue weighted by Gasteiger charge is 2.32. The molecule has 1 aliphatic rings. The van der Waals surface area contributed by atoms with E-state index >= 15 is 0 Å². The highest BCUT2D eigenvalue weighted by molar-refractivity contribution is 5.67. The van der Waals surface area contributed by atoms with E-state index in [9.17, 15) is 19.1 Å². The van der Waals surface area contributed by atoms with E-state index in [0.717, 1.165) is 6.42 Å². The number of amides is 2. The number of halogens is 1. The molecule has 1 aromatic carbocycles. The van der Waals surface area contributed by atoms with Crippen LogP contribution in [-0.4, -0.2) is 47.5 Å². The zero-order valence-corrected chi connectivity index (χ0v) is 16.7. The fourth-order valence-electron chi connectivity index (χ4n) is 3.14. The number of carbonyl (C=O) groups excluding carboxylic acids is 1. The van der Waals surface area contributed by atoms with Crippen LogP contribution in [0.5, 0.6) is 5.75 Å². The van der Waals surface area contributed by atoms with Gasteiger partial charge in [-0.15, -0.1) is 0 Å². The van der Waals surface area contributed by atoms with Crippen LogP contribution in [0.2, 0.25) is 0 Å². The Morgan fingerprint density at radius 2 is 2.07 bits per heavy atom. The van der Waals surface area contributed by atoms with Gasteiger partial charge in [-0.2, -0.15) is 0 Å². The summed E-state index contributed by atoms with van der Waals surface area (Å²) in [5.41, 5.74) is 0.0303. The number of carbonyl (C=O) groups is 2. The molecule has 1 aliphatic heterocycles. The molecule has 2 rings (SSSR count). The lowest BCUT2D eigenvalue weighted by molar-refractivity contribution is 0.0526. The Morgan fingerprint density at radius 3 is 2.75 bits per heavy atom. The van der Waals surface area contributed by atoms with Crippen molar-refractivity contribution in [1.29, 1.82) is 0 Å². The fourth-order valence-corrected chi connectivity index (χ4v) is 3.14. The quantitative estimate of drug-likeness (QED) is 0.670. The van der Waals surface area contributed by atoms with Gasteiger partial charge in [0.2, 0.25) is 0 Å². The van der Waals surface area contributed by atoms with E-state index in [1.54, 1.807) is 26.8 Å². The smallest absolute Gasteiger partial charge is 0.407 e. The van der Waals surface area contributed by atoms with E-state index in [4.69, 9.17) is 9.47 Å². The minimum absolute atomic E-state index is 0.383. The van der Waals surface area contributed by atoms with E-state index in [2.05, 4.69) is 5.32 Å². The molecular weight excluding hydrogens is 367 g/mol. The van der Waals surface area contributed by atoms with Crippen LogP contribution in [0.4, 0.5) is 14.0 Å². The lowest BCUT2D eigenvalue weighted by Crippen LogP contribution is -2.33. The summed E-state index contributed by atoms with van der Waals surface area (Å²) in [4.78, 5) is 24.3. The molecule has 1 saturated heterocycles. The molecule has 1 aromatic rings. The Bertz CT molecular complexity index is 690. The first-order chi connectivity index (χ1) is 13.2. The fraction of sp³-hybridized carbons (Fsp3) is 0.600. The molecule has 1 fully saturated rings. The van der Waals surface area contributed by atoms with Crippen molar-refractivity contribution in [3.8, 4) is 5.75 Å². The number of ether oxygens (including phenoxy) is 2. The van der Waals surface area contributed by atoms with Gasteiger partial charge in [-0.05, 0) is 64.7 Å². The van der Waals surface area contributed by atoms with Crippen molar-refractivity contribution in [2.45, 2.75) is 58.1 Å². The Hall–Kier alpha value is -2.51. The van der Waals surface area contributed by atoms with Crippen LogP contribution >= 0.6 is 0 Å². The molecule has 28 heavy (non-hydrogen) atoms. The molecular formula is C20H29FN2O5. The molecule has 7 nitrogen and oxygen atoms in total. The number of nitrogens with zero attached hydrogens (tertiary/aromatic N) is 1. The van der Waals surface area contributed by atoms with Crippen LogP contribution in [0.1, 0.15) is 58.1 Å². The molecule has 0 saturated carbocycles. The number of carboxylic acid groups (broad SMARTS) is 1. The average Bonchev–Trinajstić information content (AvgIpc) is 3.07. The summed E-state index contributed by atoms with van der Waals surface area (Å²) in [6.45, 7) is 6.69. The lowest BCUT2D eigenvalue weighted by atomic mass is 10.0. The van der Waals surface area contributed by atoms with Crippen molar-refractivity contribution in [1.82, 2.24) is 10.2 Å². The van der Waals surface area contributed by atoms with Crippen molar-refractivity contribution >= 4 is 12.2 Å². The third kappa shape index (κ3) is 6.58. The highest BCUT2D eigenvalue weighted by atomic mass is 19.1. The van der Waals surface area contributed by atoms with E-state index in [1.165, 1.54) is 17.0 Å². The van der Waals surface area contributed by atoms with E-state index in [-0.39, 0.29) is 0 Å². The van der Waals surface area contributed by atoms with Gasteiger partial charge in [0, 0.05) is 18.7 Å². The molecule has 0 spiro atoms. The van der Waals surface area contributed by atoms with Crippen LogP contribution < -0.4 is 10.1 Å². The predicted molar refractivity (Wildman–Crippen MR) is 102 cm³/mol. The maximum absolute atomic E-state index is 13.7. The second kappa shape index (κ2) is 9.61. The van der Waals surface area contributed by atoms with Gasteiger partial charge in [0.1, 0.15) is 17.2 Å². The predicted octanol–water partition coefficient (Wildman–Crippen LogP) is 4.32. The minimum atomic E-state index is -1.01. The summed E-state index contributed by atoms with van der Waals surface area (Å²) in [5.74, 6) is 0.0841. The van der Waals surface area contributed by atoms with Gasteiger partial charge in [0.15, 0.2) is 0 Å². The molecule has 156 valence electrons. The van der Waals surface area contributed by atoms with Crippen LogP contribution in [-0.2, 0) is 4.74 Å². The molecule has 1 atom stereocenters. The summed E-state index contributed by atoms with van der Waals surface area (Å²) in [6.07, 6.45) is 1.30. The zero-order valence-electron chi connectivity index (χ0n) is 16.7. The normalized spacial score (nSPS) is 16.7. The summed E-state index contributed by atoms with van der Waals surface area (Å²) in [5, 5.41) is 12.0. The molecule has 0 bridgehead atoms. The van der Waals surface area contributed by atoms with Gasteiger partial charge >= 0.3 is 12.2 Å². The third-order valence-electron chi connectivity index (χ3n) is 4.33. The number of hydrogen-bond donors (Lipinski definition) is 2. The van der Waals surface area contributed by atoms with Crippen molar-refractivity contribution < 1.29 is 28.6 Å². The number of hydrogen-bond acceptors (Lipinski definition) is 4. The van der Waals surface area contributed by atoms with Crippen molar-refractivity contribution in [2.75, 3.05) is 19.7 Å². The van der Waals surface area contributed by atoms with Gasteiger partial charge in [0.25, 0.3) is 0 Å². The van der Waals surface area contributed by atoms with Gasteiger partial charge in [-0.1, -0.05) is 0 Å². The van der Waals surface area contributed by atoms with Crippen LogP contribution in [0.3, 0.4) is 0 Å². The number of nitrogens with one attached hydrogen (secondary N) is 1. The van der Waals surface area contributed by atoms with E-state index in [0.29, 0.717) is 50.3 Å². The van der Waals surface area contributed by atoms with Crippen LogP contribution in [0.25, 0.3) is 0 Å². The molecule has 0 unspecified atom stereocenters. The molecule has 0 aromatic heterocycles. The van der Waals surface area contributed by atoms with Gasteiger partial charge in [-0.3, -0.25) is 0 Å². The molecule has 0 radical (unpaired) electrons. The molecule has 1 heterocycles. The Labute approximate surface area is 164 Å². The Morgan fingerprint density at radius 1 is 1.32 bits per heavy atom. The number of alkyl carbamates (subject to hydrolysis) is 1. The van der Waals surface area contributed by atoms with Crippen LogP contribution in [0, 0.1) is 5.82 Å². The first kappa shape index (κ1) is 21.8. The van der Waals surface area contributed by atoms with Gasteiger partial charge in [0.05, 0.1) is 12.6 Å². The van der Waals surface area contributed by atoms with E-state index < -0.39 is 29.6 Å². The summed E-state index contributed by atoms with van der Waals surface area (Å²) in [7, 11) is 0. The average molecular weight is 396 g/mol. The number of rotatable bonds is 7. The largest absolute Gasteiger partial charge is 0.493 e. The minimum Gasteiger partial charge on any atom is -0.493 e. The SMILES string of the molecule is CC(C)(C)OC(=O)NCCCCOc1ccc(F)cc1[C@H]1CCCN1C(=O)O. The molecule has 0 aliphatic carbocycles. The standard InChI is InChI=1S/C20H29FN2O5/c1-20(2,3)28-18(24)22-10-4-5-12-27-17-9-8-14(21)13-15(17)16-7-6-11-23(16)19(25)26/h8-9,13,16H,4-7,10-12H2,1-3H3,(H,22,24)(H,25,26)/t16-/m1/s1. The summed E-state index contributed by atoms with van der Waals surface area (Å²) >= 11 is 0. The number of benzene rings is 1. The second-order valence-electron chi connectivity index (χ2n) is 7.80. The van der Waals surface area contributed by atoms with Crippen molar-refractivity contribution in [3.63, 3.8) is 0 Å². The monoisotopic (exact) mass is 396 g/mol. The van der Waals surface area contributed by atoms with Crippen LogP contribution in [0.15, 0.2) is 18.2 Å². The Balaban J connectivity index is 1.83. The third-order valence-corrected chi connectivity index (χ3v) is 4.33. The Kier molecular flexibility index (Phi) is 7.48. The maximum Gasteiger partial charge on any atom is 0.407 e. The number of unbranched alkanes of at least 4 members (excludes halogenated alkanes) is 1. The topological polar surface area (TPSA) is 88.1 Å². The zero-order chi connectivity index (χ0) is 20.7. The summed E-state index contributed by atoms with van der Waals surface area (Å²) in [6, 6.07) is 3.81. The first-order valence-corrected chi connectivity index (χ1v) is 9.56. The van der Waals surface area contributed by atoms with E-state index in [1.807, 2.05) is 0 Å².